The summed E-state index contributed by atoms with van der Waals surface area (Å²) in [6, 6.07) is 0. The molecule has 5 nitrogen and oxygen atoms in total. The van der Waals surface area contributed by atoms with Gasteiger partial charge in [0.25, 0.3) is 0 Å². The number of rotatable bonds is 19. The van der Waals surface area contributed by atoms with E-state index in [1.54, 1.807) is 0 Å². The van der Waals surface area contributed by atoms with Gasteiger partial charge in [0.1, 0.15) is 0 Å². The standard InChI is InChI=1S/C35H72O5Si2/c1-12-13-14-15-16-17-18-19-21-32(39-41(8,9)34(2,3)4)30-25-23-28(37-30)29-24-26-31(38-29)33(22-20-27-36)40-42(10,11)35(5,6)7/h28-33,36H,12-27H2,1-11H3/t28-,29-,30-,31+,32+,33+/m0/s1. The molecule has 0 aliphatic carbocycles. The number of ether oxygens (including phenoxy) is 2. The zero-order valence-corrected chi connectivity index (χ0v) is 31.9. The first-order valence-electron chi connectivity index (χ1n) is 17.8. The highest BCUT2D eigenvalue weighted by atomic mass is 28.4. The first-order chi connectivity index (χ1) is 19.5. The second-order valence-corrected chi connectivity index (χ2v) is 26.1. The normalized spacial score (nSPS) is 25.7. The van der Waals surface area contributed by atoms with Crippen molar-refractivity contribution < 1.29 is 23.4 Å². The van der Waals surface area contributed by atoms with Gasteiger partial charge in [-0.3, -0.25) is 0 Å². The van der Waals surface area contributed by atoms with Gasteiger partial charge in [-0.05, 0) is 81.2 Å². The average Bonchev–Trinajstić information content (AvgIpc) is 3.56. The number of unbranched alkanes of at least 4 members (excludes halogenated alkanes) is 7. The molecule has 0 spiro atoms. The van der Waals surface area contributed by atoms with Crippen molar-refractivity contribution in [2.75, 3.05) is 6.61 Å². The van der Waals surface area contributed by atoms with Crippen LogP contribution in [-0.4, -0.2) is 65.0 Å². The molecule has 2 saturated heterocycles. The maximum absolute atomic E-state index is 9.57. The smallest absolute Gasteiger partial charge is 0.192 e. The fraction of sp³-hybridized carbons (Fsp3) is 1.00. The Labute approximate surface area is 263 Å². The quantitative estimate of drug-likeness (QED) is 0.114. The maximum Gasteiger partial charge on any atom is 0.192 e. The fourth-order valence-electron chi connectivity index (χ4n) is 6.00. The van der Waals surface area contributed by atoms with Crippen molar-refractivity contribution in [3.05, 3.63) is 0 Å². The molecular weight excluding hydrogens is 557 g/mol. The number of aliphatic hydroxyl groups excluding tert-OH is 1. The Kier molecular flexibility index (Phi) is 15.8. The van der Waals surface area contributed by atoms with Gasteiger partial charge in [0.15, 0.2) is 16.6 Å². The summed E-state index contributed by atoms with van der Waals surface area (Å²) in [5.74, 6) is 0. The summed E-state index contributed by atoms with van der Waals surface area (Å²) in [5, 5.41) is 9.92. The number of aliphatic hydroxyl groups is 1. The third-order valence-corrected chi connectivity index (χ3v) is 19.9. The Bertz CT molecular complexity index is 745. The molecule has 0 aromatic carbocycles. The van der Waals surface area contributed by atoms with Crippen LogP contribution < -0.4 is 0 Å². The van der Waals surface area contributed by atoms with Crippen molar-refractivity contribution in [1.82, 2.24) is 0 Å². The average molecular weight is 629 g/mol. The van der Waals surface area contributed by atoms with Crippen molar-refractivity contribution >= 4 is 16.6 Å². The van der Waals surface area contributed by atoms with Crippen molar-refractivity contribution in [1.29, 1.82) is 0 Å². The van der Waals surface area contributed by atoms with Gasteiger partial charge < -0.3 is 23.4 Å². The minimum Gasteiger partial charge on any atom is -0.411 e. The lowest BCUT2D eigenvalue weighted by molar-refractivity contribution is -0.107. The lowest BCUT2D eigenvalue weighted by Gasteiger charge is -2.41. The zero-order chi connectivity index (χ0) is 31.6. The van der Waals surface area contributed by atoms with Gasteiger partial charge in [-0.15, -0.1) is 0 Å². The van der Waals surface area contributed by atoms with Crippen LogP contribution in [0.2, 0.25) is 36.3 Å². The van der Waals surface area contributed by atoms with E-state index in [0.717, 1.165) is 44.9 Å². The Hall–Kier alpha value is 0.234. The molecule has 0 amide bonds. The lowest BCUT2D eigenvalue weighted by atomic mass is 10.0. The molecule has 0 radical (unpaired) electrons. The molecule has 2 rings (SSSR count). The second-order valence-electron chi connectivity index (χ2n) is 16.5. The van der Waals surface area contributed by atoms with E-state index in [-0.39, 0.29) is 53.3 Å². The van der Waals surface area contributed by atoms with Gasteiger partial charge in [0.2, 0.25) is 0 Å². The molecule has 2 aliphatic rings. The zero-order valence-electron chi connectivity index (χ0n) is 29.9. The highest BCUT2D eigenvalue weighted by Crippen LogP contribution is 2.42. The van der Waals surface area contributed by atoms with E-state index < -0.39 is 16.6 Å². The monoisotopic (exact) mass is 628 g/mol. The summed E-state index contributed by atoms with van der Waals surface area (Å²) in [6.45, 7) is 25.8. The molecule has 250 valence electrons. The number of hydrogen-bond donors (Lipinski definition) is 1. The topological polar surface area (TPSA) is 57.2 Å². The van der Waals surface area contributed by atoms with Crippen LogP contribution in [-0.2, 0) is 18.3 Å². The van der Waals surface area contributed by atoms with Crippen molar-refractivity contribution in [3.63, 3.8) is 0 Å². The predicted molar refractivity (Wildman–Crippen MR) is 183 cm³/mol. The van der Waals surface area contributed by atoms with Crippen molar-refractivity contribution in [2.45, 2.75) is 218 Å². The summed E-state index contributed by atoms with van der Waals surface area (Å²) in [4.78, 5) is 0. The summed E-state index contributed by atoms with van der Waals surface area (Å²) < 4.78 is 27.6. The molecule has 0 unspecified atom stereocenters. The third kappa shape index (κ3) is 11.9. The Morgan fingerprint density at radius 1 is 0.619 bits per heavy atom. The molecule has 2 fully saturated rings. The summed E-state index contributed by atoms with van der Waals surface area (Å²) in [6.07, 6.45) is 18.4. The van der Waals surface area contributed by atoms with Gasteiger partial charge in [-0.1, -0.05) is 99.8 Å². The van der Waals surface area contributed by atoms with Crippen LogP contribution in [0.25, 0.3) is 0 Å². The molecular formula is C35H72O5Si2. The van der Waals surface area contributed by atoms with E-state index in [9.17, 15) is 5.11 Å². The number of hydrogen-bond acceptors (Lipinski definition) is 5. The van der Waals surface area contributed by atoms with Crippen molar-refractivity contribution in [2.24, 2.45) is 0 Å². The first kappa shape index (κ1) is 38.4. The molecule has 0 bridgehead atoms. The Balaban J connectivity index is 1.99. The molecule has 7 heteroatoms. The van der Waals surface area contributed by atoms with Crippen LogP contribution in [0.4, 0.5) is 0 Å². The summed E-state index contributed by atoms with van der Waals surface area (Å²) in [7, 11) is -3.84. The van der Waals surface area contributed by atoms with E-state index in [1.807, 2.05) is 0 Å². The largest absolute Gasteiger partial charge is 0.411 e. The molecule has 2 heterocycles. The van der Waals surface area contributed by atoms with Gasteiger partial charge in [0.05, 0.1) is 36.6 Å². The van der Waals surface area contributed by atoms with Gasteiger partial charge in [0, 0.05) is 6.61 Å². The van der Waals surface area contributed by atoms with Crippen LogP contribution in [0.15, 0.2) is 0 Å². The van der Waals surface area contributed by atoms with Crippen molar-refractivity contribution in [3.8, 4) is 0 Å². The van der Waals surface area contributed by atoms with E-state index in [0.29, 0.717) is 0 Å². The molecule has 1 N–H and O–H groups in total. The minimum absolute atomic E-state index is 0.0527. The third-order valence-electron chi connectivity index (χ3n) is 10.9. The highest BCUT2D eigenvalue weighted by molar-refractivity contribution is 6.74. The minimum atomic E-state index is -1.94. The van der Waals surface area contributed by atoms with E-state index in [4.69, 9.17) is 18.3 Å². The van der Waals surface area contributed by atoms with Crippen LogP contribution in [0.5, 0.6) is 0 Å². The molecule has 0 aromatic rings. The van der Waals surface area contributed by atoms with Crippen LogP contribution in [0, 0.1) is 0 Å². The highest BCUT2D eigenvalue weighted by Gasteiger charge is 2.46. The van der Waals surface area contributed by atoms with Gasteiger partial charge in [-0.25, -0.2) is 0 Å². The van der Waals surface area contributed by atoms with Crippen LogP contribution in [0.3, 0.4) is 0 Å². The molecule has 0 saturated carbocycles. The van der Waals surface area contributed by atoms with E-state index in [2.05, 4.69) is 74.7 Å². The van der Waals surface area contributed by atoms with E-state index >= 15 is 0 Å². The Morgan fingerprint density at radius 3 is 1.38 bits per heavy atom. The summed E-state index contributed by atoms with van der Waals surface area (Å²) in [5.41, 5.74) is 0. The fourth-order valence-corrected chi connectivity index (χ4v) is 8.76. The van der Waals surface area contributed by atoms with Crippen LogP contribution in [0.1, 0.15) is 145 Å². The molecule has 42 heavy (non-hydrogen) atoms. The first-order valence-corrected chi connectivity index (χ1v) is 23.6. The molecule has 6 atom stereocenters. The second kappa shape index (κ2) is 17.2. The van der Waals surface area contributed by atoms with Gasteiger partial charge in [-0.2, -0.15) is 0 Å². The molecule has 0 aromatic heterocycles. The predicted octanol–water partition coefficient (Wildman–Crippen LogP) is 10.2. The van der Waals surface area contributed by atoms with E-state index in [1.165, 1.54) is 51.4 Å². The SMILES string of the molecule is CCCCCCCCCC[C@@H](O[Si](C)(C)C(C)(C)C)[C@@H]1CC[C@@H]([C@@H]2CC[C@H]([C@@H](CCCO)O[Si](C)(C)C(C)(C)C)O2)O1. The van der Waals surface area contributed by atoms with Gasteiger partial charge >= 0.3 is 0 Å². The lowest BCUT2D eigenvalue weighted by Crippen LogP contribution is -2.47. The van der Waals surface area contributed by atoms with Crippen LogP contribution >= 0.6 is 0 Å². The maximum atomic E-state index is 9.57. The molecule has 2 aliphatic heterocycles. The Morgan fingerprint density at radius 2 is 1.00 bits per heavy atom. The summed E-state index contributed by atoms with van der Waals surface area (Å²) >= 11 is 0.